The van der Waals surface area contributed by atoms with Crippen LogP contribution in [0.3, 0.4) is 0 Å². The Morgan fingerprint density at radius 1 is 1.20 bits per heavy atom. The highest BCUT2D eigenvalue weighted by molar-refractivity contribution is 6.36. The number of morpholine rings is 1. The van der Waals surface area contributed by atoms with Gasteiger partial charge in [0.25, 0.3) is 0 Å². The van der Waals surface area contributed by atoms with Crippen LogP contribution in [0.2, 0.25) is 5.02 Å². The Morgan fingerprint density at radius 3 is 2.60 bits per heavy atom. The van der Waals surface area contributed by atoms with Crippen LogP contribution in [0.5, 0.6) is 0 Å². The van der Waals surface area contributed by atoms with Gasteiger partial charge in [-0.1, -0.05) is 18.2 Å². The third-order valence-electron chi connectivity index (χ3n) is 10.8. The fourth-order valence-electron chi connectivity index (χ4n) is 8.54. The molecular weight excluding hydrogens is 588 g/mol. The first-order valence-corrected chi connectivity index (χ1v) is 16.6. The van der Waals surface area contributed by atoms with Crippen molar-refractivity contribution in [3.8, 4) is 17.2 Å². The zero-order chi connectivity index (χ0) is 31.7. The van der Waals surface area contributed by atoms with Crippen LogP contribution in [0.25, 0.3) is 22.0 Å². The van der Waals surface area contributed by atoms with E-state index >= 15 is 0 Å². The number of carbonyl (C=O) groups excluding carboxylic acids is 1. The number of aromatic nitrogens is 4. The van der Waals surface area contributed by atoms with E-state index in [1.807, 2.05) is 29.5 Å². The Bertz CT molecular complexity index is 1700. The van der Waals surface area contributed by atoms with Crippen molar-refractivity contribution in [2.45, 2.75) is 65.0 Å². The van der Waals surface area contributed by atoms with Gasteiger partial charge in [0.1, 0.15) is 11.8 Å². The highest BCUT2D eigenvalue weighted by atomic mass is 35.5. The lowest BCUT2D eigenvalue weighted by molar-refractivity contribution is -0.149. The monoisotopic (exact) mass is 630 g/mol. The summed E-state index contributed by atoms with van der Waals surface area (Å²) in [7, 11) is 0. The molecule has 1 aromatic carbocycles. The van der Waals surface area contributed by atoms with Crippen molar-refractivity contribution in [3.05, 3.63) is 40.7 Å². The van der Waals surface area contributed by atoms with Crippen LogP contribution < -0.4 is 4.90 Å². The van der Waals surface area contributed by atoms with Crippen molar-refractivity contribution in [3.63, 3.8) is 0 Å². The van der Waals surface area contributed by atoms with Crippen LogP contribution in [0.1, 0.15) is 62.5 Å². The number of piperidine rings is 1. The molecule has 4 aliphatic rings. The summed E-state index contributed by atoms with van der Waals surface area (Å²) in [5.74, 6) is 1.39. The minimum absolute atomic E-state index is 0.0155. The molecule has 1 spiro atoms. The lowest BCUT2D eigenvalue weighted by atomic mass is 9.60. The predicted molar refractivity (Wildman–Crippen MR) is 175 cm³/mol. The topological polar surface area (TPSA) is 106 Å². The lowest BCUT2D eigenvalue weighted by Crippen LogP contribution is -2.63. The highest BCUT2D eigenvalue weighted by Crippen LogP contribution is 2.56. The SMILES string of the molecule is C=CC(=O)N1CC2(CC(n3nc(N4CC[C@@H](CN5CCOCC5)CC4(C)C)c(-c4c(Cl)c(C)cc5n[nH]c(C)c45)c3C#N)C2)C1. The Kier molecular flexibility index (Phi) is 7.50. The van der Waals surface area contributed by atoms with Crippen molar-refractivity contribution in [2.75, 3.05) is 57.4 Å². The first-order valence-electron chi connectivity index (χ1n) is 16.2. The van der Waals surface area contributed by atoms with Gasteiger partial charge in [0.05, 0.1) is 35.4 Å². The van der Waals surface area contributed by atoms with E-state index in [1.54, 1.807) is 0 Å². The highest BCUT2D eigenvalue weighted by Gasteiger charge is 2.55. The molecule has 0 bridgehead atoms. The van der Waals surface area contributed by atoms with E-state index in [0.29, 0.717) is 16.6 Å². The molecule has 0 unspecified atom stereocenters. The number of nitriles is 1. The molecule has 5 heterocycles. The lowest BCUT2D eigenvalue weighted by Gasteiger charge is -2.58. The summed E-state index contributed by atoms with van der Waals surface area (Å²) < 4.78 is 7.56. The summed E-state index contributed by atoms with van der Waals surface area (Å²) in [6, 6.07) is 4.66. The molecule has 10 nitrogen and oxygen atoms in total. The Balaban J connectivity index is 1.28. The maximum Gasteiger partial charge on any atom is 0.245 e. The van der Waals surface area contributed by atoms with Gasteiger partial charge in [0.2, 0.25) is 5.91 Å². The summed E-state index contributed by atoms with van der Waals surface area (Å²) >= 11 is 7.18. The number of nitrogens with one attached hydrogen (secondary N) is 1. The van der Waals surface area contributed by atoms with E-state index in [2.05, 4.69) is 46.5 Å². The van der Waals surface area contributed by atoms with Gasteiger partial charge in [0, 0.05) is 66.9 Å². The number of aromatic amines is 1. The quantitative estimate of drug-likeness (QED) is 0.371. The summed E-state index contributed by atoms with van der Waals surface area (Å²) in [4.78, 5) is 18.9. The van der Waals surface area contributed by atoms with Crippen LogP contribution in [0.15, 0.2) is 18.7 Å². The summed E-state index contributed by atoms with van der Waals surface area (Å²) in [5, 5.41) is 25.4. The molecule has 45 heavy (non-hydrogen) atoms. The molecule has 4 fully saturated rings. The fourth-order valence-corrected chi connectivity index (χ4v) is 8.78. The third-order valence-corrected chi connectivity index (χ3v) is 11.3. The molecule has 1 aliphatic carbocycles. The van der Waals surface area contributed by atoms with Crippen LogP contribution in [0, 0.1) is 36.5 Å². The van der Waals surface area contributed by atoms with Gasteiger partial charge in [-0.05, 0) is 77.0 Å². The number of nitrogens with zero attached hydrogens (tertiary/aromatic N) is 7. The molecule has 3 aromatic rings. The number of likely N-dealkylation sites (tertiary alicyclic amines) is 1. The number of aryl methyl sites for hydroxylation is 2. The standard InChI is InChI=1S/C34H43ClN8O2/c1-6-27(44)41-19-34(20-41)15-24(16-34)43-26(17-36)29(30-28-22(3)37-38-25(28)13-21(2)31(30)35)32(39-43)42-8-7-23(14-33(42,4)5)18-40-9-11-45-12-10-40/h6,13,23-24H,1,7-12,14-16,18-20H2,2-5H3,(H,37,38)/t23-/m1/s1. The second kappa shape index (κ2) is 11.1. The van der Waals surface area contributed by atoms with E-state index in [9.17, 15) is 10.1 Å². The second-order valence-electron chi connectivity index (χ2n) is 14.4. The average molecular weight is 631 g/mol. The van der Waals surface area contributed by atoms with Crippen molar-refractivity contribution in [1.82, 2.24) is 29.8 Å². The van der Waals surface area contributed by atoms with Gasteiger partial charge >= 0.3 is 0 Å². The minimum Gasteiger partial charge on any atom is -0.379 e. The number of halogens is 1. The van der Waals surface area contributed by atoms with Crippen molar-refractivity contribution >= 4 is 34.2 Å². The number of H-pyrrole nitrogens is 1. The zero-order valence-electron chi connectivity index (χ0n) is 26.8. The summed E-state index contributed by atoms with van der Waals surface area (Å²) in [6.07, 6.45) is 5.24. The van der Waals surface area contributed by atoms with Crippen LogP contribution in [-0.2, 0) is 9.53 Å². The summed E-state index contributed by atoms with van der Waals surface area (Å²) in [5.41, 5.74) is 4.76. The molecule has 238 valence electrons. The van der Waals surface area contributed by atoms with Crippen LogP contribution >= 0.6 is 11.6 Å². The molecule has 3 saturated heterocycles. The van der Waals surface area contributed by atoms with Gasteiger partial charge in [-0.15, -0.1) is 0 Å². The Morgan fingerprint density at radius 2 is 1.93 bits per heavy atom. The number of ether oxygens (including phenoxy) is 1. The summed E-state index contributed by atoms with van der Waals surface area (Å²) in [6.45, 7) is 19.3. The molecule has 0 radical (unpaired) electrons. The second-order valence-corrected chi connectivity index (χ2v) is 14.8. The van der Waals surface area contributed by atoms with Gasteiger partial charge in [0.15, 0.2) is 5.82 Å². The first kappa shape index (κ1) is 30.3. The number of benzene rings is 1. The van der Waals surface area contributed by atoms with Crippen molar-refractivity contribution < 1.29 is 9.53 Å². The van der Waals surface area contributed by atoms with Crippen molar-refractivity contribution in [1.29, 1.82) is 5.26 Å². The van der Waals surface area contributed by atoms with Crippen LogP contribution in [0.4, 0.5) is 5.82 Å². The smallest absolute Gasteiger partial charge is 0.245 e. The molecule has 1 saturated carbocycles. The molecule has 3 aliphatic heterocycles. The van der Waals surface area contributed by atoms with Gasteiger partial charge in [-0.3, -0.25) is 14.8 Å². The number of fused-ring (bicyclic) bond motifs is 1. The molecule has 1 N–H and O–H groups in total. The molecule has 1 amide bonds. The number of anilines is 1. The van der Waals surface area contributed by atoms with Gasteiger partial charge in [-0.2, -0.15) is 15.5 Å². The van der Waals surface area contributed by atoms with E-state index in [-0.39, 0.29) is 22.9 Å². The Hall–Kier alpha value is -3.39. The third kappa shape index (κ3) is 5.04. The largest absolute Gasteiger partial charge is 0.379 e. The van der Waals surface area contributed by atoms with E-state index in [1.165, 1.54) is 6.08 Å². The molecule has 1 atom stereocenters. The number of carbonyl (C=O) groups is 1. The first-order chi connectivity index (χ1) is 21.5. The fraction of sp³-hybridized carbons (Fsp3) is 0.588. The normalized spacial score (nSPS) is 23.2. The molecular formula is C34H43ClN8O2. The molecule has 2 aromatic heterocycles. The van der Waals surface area contributed by atoms with Gasteiger partial charge in [-0.25, -0.2) is 4.68 Å². The van der Waals surface area contributed by atoms with Crippen molar-refractivity contribution in [2.24, 2.45) is 11.3 Å². The Labute approximate surface area is 269 Å². The number of rotatable bonds is 6. The van der Waals surface area contributed by atoms with E-state index < -0.39 is 0 Å². The van der Waals surface area contributed by atoms with E-state index in [0.717, 1.165) is 117 Å². The molecule has 11 heteroatoms. The van der Waals surface area contributed by atoms with Crippen LogP contribution in [-0.4, -0.2) is 93.7 Å². The molecule has 7 rings (SSSR count). The zero-order valence-corrected chi connectivity index (χ0v) is 27.6. The maximum absolute atomic E-state index is 12.1. The maximum atomic E-state index is 12.1. The minimum atomic E-state index is -0.183. The number of amides is 1. The average Bonchev–Trinajstić information content (AvgIpc) is 3.52. The number of hydrogen-bond donors (Lipinski definition) is 1. The number of hydrogen-bond acceptors (Lipinski definition) is 7. The van der Waals surface area contributed by atoms with E-state index in [4.69, 9.17) is 21.4 Å². The van der Waals surface area contributed by atoms with Gasteiger partial charge < -0.3 is 14.5 Å². The predicted octanol–water partition coefficient (Wildman–Crippen LogP) is 5.25.